The van der Waals surface area contributed by atoms with E-state index in [9.17, 15) is 24.3 Å². The summed E-state index contributed by atoms with van der Waals surface area (Å²) < 4.78 is 0. The number of nitrogens with one attached hydrogen (secondary N) is 2. The van der Waals surface area contributed by atoms with E-state index >= 15 is 0 Å². The number of benzene rings is 1. The van der Waals surface area contributed by atoms with E-state index < -0.39 is 48.4 Å². The number of carbonyl (C=O) groups is 4. The lowest BCUT2D eigenvalue weighted by molar-refractivity contribution is -0.143. The van der Waals surface area contributed by atoms with Gasteiger partial charge in [-0.3, -0.25) is 14.4 Å². The Kier molecular flexibility index (Phi) is 8.85. The van der Waals surface area contributed by atoms with Crippen molar-refractivity contribution in [3.05, 3.63) is 29.8 Å². The average molecular weight is 396 g/mol. The van der Waals surface area contributed by atoms with E-state index in [1.54, 1.807) is 12.1 Å². The number of carboxylic acids is 1. The van der Waals surface area contributed by atoms with Crippen molar-refractivity contribution in [2.45, 2.75) is 37.4 Å². The van der Waals surface area contributed by atoms with Gasteiger partial charge in [-0.15, -0.1) is 0 Å². The van der Waals surface area contributed by atoms with Gasteiger partial charge in [0, 0.05) is 6.42 Å². The van der Waals surface area contributed by atoms with Crippen LogP contribution in [0.25, 0.3) is 0 Å². The van der Waals surface area contributed by atoms with Crippen molar-refractivity contribution in [1.29, 1.82) is 0 Å². The summed E-state index contributed by atoms with van der Waals surface area (Å²) in [4.78, 5) is 46.5. The molecule has 1 rings (SSSR count). The minimum Gasteiger partial charge on any atom is -0.508 e. The summed E-state index contributed by atoms with van der Waals surface area (Å²) in [7, 11) is 0. The van der Waals surface area contributed by atoms with Crippen LogP contribution in [0.15, 0.2) is 24.3 Å². The highest BCUT2D eigenvalue weighted by molar-refractivity contribution is 5.92. The van der Waals surface area contributed by atoms with Gasteiger partial charge >= 0.3 is 5.97 Å². The molecule has 3 atom stereocenters. The minimum absolute atomic E-state index is 0.0572. The first-order valence-corrected chi connectivity index (χ1v) is 8.40. The van der Waals surface area contributed by atoms with Gasteiger partial charge in [-0.05, 0) is 30.5 Å². The molecule has 0 aromatic heterocycles. The van der Waals surface area contributed by atoms with E-state index in [1.165, 1.54) is 12.1 Å². The van der Waals surface area contributed by atoms with Crippen LogP contribution in [0.4, 0.5) is 0 Å². The van der Waals surface area contributed by atoms with Gasteiger partial charge in [0.1, 0.15) is 17.8 Å². The van der Waals surface area contributed by atoms with Gasteiger partial charge in [-0.1, -0.05) is 12.1 Å². The SMILES string of the molecule is NC(=O)CCC(NC(=O)C(N)Cc1ccc(O)cc1)C(=O)NC(CO)C(=O)O. The summed E-state index contributed by atoms with van der Waals surface area (Å²) >= 11 is 0. The molecule has 0 saturated heterocycles. The monoisotopic (exact) mass is 396 g/mol. The number of nitrogens with two attached hydrogens (primary N) is 2. The Morgan fingerprint density at radius 2 is 1.57 bits per heavy atom. The van der Waals surface area contributed by atoms with E-state index in [-0.39, 0.29) is 25.0 Å². The fourth-order valence-corrected chi connectivity index (χ4v) is 2.27. The number of aromatic hydroxyl groups is 1. The maximum Gasteiger partial charge on any atom is 0.328 e. The van der Waals surface area contributed by atoms with Crippen molar-refractivity contribution in [2.75, 3.05) is 6.61 Å². The average Bonchev–Trinajstić information content (AvgIpc) is 2.63. The molecular formula is C17H24N4O7. The number of carboxylic acid groups (broad SMARTS) is 1. The summed E-state index contributed by atoms with van der Waals surface area (Å²) in [5.41, 5.74) is 11.6. The lowest BCUT2D eigenvalue weighted by Crippen LogP contribution is -2.55. The molecule has 0 spiro atoms. The van der Waals surface area contributed by atoms with Crippen LogP contribution in [0, 0.1) is 0 Å². The lowest BCUT2D eigenvalue weighted by atomic mass is 10.0. The first-order chi connectivity index (χ1) is 13.1. The van der Waals surface area contributed by atoms with Gasteiger partial charge in [0.2, 0.25) is 17.7 Å². The number of hydrogen-bond donors (Lipinski definition) is 7. The lowest BCUT2D eigenvalue weighted by Gasteiger charge is -2.22. The maximum atomic E-state index is 12.3. The maximum absolute atomic E-state index is 12.3. The number of aliphatic carboxylic acids is 1. The molecule has 3 unspecified atom stereocenters. The van der Waals surface area contributed by atoms with Crippen molar-refractivity contribution >= 4 is 23.7 Å². The predicted molar refractivity (Wildman–Crippen MR) is 96.8 cm³/mol. The van der Waals surface area contributed by atoms with Gasteiger partial charge in [-0.25, -0.2) is 4.79 Å². The Balaban J connectivity index is 2.78. The Morgan fingerprint density at radius 1 is 1.00 bits per heavy atom. The molecule has 11 nitrogen and oxygen atoms in total. The van der Waals surface area contributed by atoms with E-state index in [4.69, 9.17) is 21.7 Å². The van der Waals surface area contributed by atoms with E-state index in [0.29, 0.717) is 5.56 Å². The highest BCUT2D eigenvalue weighted by atomic mass is 16.4. The van der Waals surface area contributed by atoms with Gasteiger partial charge in [0.25, 0.3) is 0 Å². The summed E-state index contributed by atoms with van der Waals surface area (Å²) in [5.74, 6) is -3.71. The van der Waals surface area contributed by atoms with Gasteiger partial charge in [0.05, 0.1) is 12.6 Å². The van der Waals surface area contributed by atoms with Crippen LogP contribution in [-0.2, 0) is 25.6 Å². The number of carbonyl (C=O) groups excluding carboxylic acids is 3. The zero-order valence-corrected chi connectivity index (χ0v) is 15.0. The Morgan fingerprint density at radius 3 is 2.07 bits per heavy atom. The number of primary amides is 1. The number of amides is 3. The molecule has 0 bridgehead atoms. The molecule has 9 N–H and O–H groups in total. The molecule has 0 heterocycles. The van der Waals surface area contributed by atoms with Crippen LogP contribution < -0.4 is 22.1 Å². The van der Waals surface area contributed by atoms with Crippen LogP contribution in [0.5, 0.6) is 5.75 Å². The molecule has 0 radical (unpaired) electrons. The molecular weight excluding hydrogens is 372 g/mol. The molecule has 0 aliphatic carbocycles. The molecule has 1 aromatic rings. The highest BCUT2D eigenvalue weighted by Crippen LogP contribution is 2.11. The van der Waals surface area contributed by atoms with Crippen molar-refractivity contribution in [3.63, 3.8) is 0 Å². The van der Waals surface area contributed by atoms with E-state index in [1.807, 2.05) is 0 Å². The number of rotatable bonds is 11. The topological polar surface area (TPSA) is 205 Å². The molecule has 1 aromatic carbocycles. The molecule has 0 aliphatic heterocycles. The third-order valence-electron chi connectivity index (χ3n) is 3.84. The number of aliphatic hydroxyl groups excluding tert-OH is 1. The van der Waals surface area contributed by atoms with Crippen LogP contribution >= 0.6 is 0 Å². The summed E-state index contributed by atoms with van der Waals surface area (Å²) in [6, 6.07) is 2.16. The second kappa shape index (κ2) is 10.8. The number of aliphatic hydroxyl groups is 1. The molecule has 3 amide bonds. The zero-order valence-electron chi connectivity index (χ0n) is 15.0. The Bertz CT molecular complexity index is 708. The standard InChI is InChI=1S/C17H24N4O7/c18-11(7-9-1-3-10(23)4-2-9)15(25)20-12(5-6-14(19)24)16(26)21-13(8-22)17(27)28/h1-4,11-13,22-23H,5-8,18H2,(H2,19,24)(H,20,25)(H,21,26)(H,27,28). The smallest absolute Gasteiger partial charge is 0.328 e. The quantitative estimate of drug-likeness (QED) is 0.214. The van der Waals surface area contributed by atoms with Crippen LogP contribution in [0.2, 0.25) is 0 Å². The Labute approximate surface area is 160 Å². The molecule has 154 valence electrons. The van der Waals surface area contributed by atoms with Gasteiger partial charge in [0.15, 0.2) is 0 Å². The van der Waals surface area contributed by atoms with E-state index in [2.05, 4.69) is 10.6 Å². The van der Waals surface area contributed by atoms with Crippen LogP contribution in [0.3, 0.4) is 0 Å². The summed E-state index contributed by atoms with van der Waals surface area (Å²) in [5, 5.41) is 31.6. The fourth-order valence-electron chi connectivity index (χ4n) is 2.27. The highest BCUT2D eigenvalue weighted by Gasteiger charge is 2.28. The third kappa shape index (κ3) is 7.60. The largest absolute Gasteiger partial charge is 0.508 e. The van der Waals surface area contributed by atoms with Gasteiger partial charge in [-0.2, -0.15) is 0 Å². The minimum atomic E-state index is -1.56. The summed E-state index contributed by atoms with van der Waals surface area (Å²) in [6.07, 6.45) is -0.288. The fraction of sp³-hybridized carbons (Fsp3) is 0.412. The second-order valence-electron chi connectivity index (χ2n) is 6.13. The molecule has 0 aliphatic rings. The van der Waals surface area contributed by atoms with Crippen LogP contribution in [0.1, 0.15) is 18.4 Å². The molecule has 0 fully saturated rings. The van der Waals surface area contributed by atoms with Crippen molar-refractivity contribution in [2.24, 2.45) is 11.5 Å². The van der Waals surface area contributed by atoms with Gasteiger partial charge < -0.3 is 37.4 Å². The first kappa shape index (κ1) is 22.9. The number of phenols is 1. The number of hydrogen-bond acceptors (Lipinski definition) is 7. The van der Waals surface area contributed by atoms with Crippen LogP contribution in [-0.4, -0.2) is 63.7 Å². The number of phenolic OH excluding ortho intramolecular Hbond substituents is 1. The third-order valence-corrected chi connectivity index (χ3v) is 3.84. The molecule has 28 heavy (non-hydrogen) atoms. The zero-order chi connectivity index (χ0) is 21.3. The van der Waals surface area contributed by atoms with E-state index in [0.717, 1.165) is 0 Å². The van der Waals surface area contributed by atoms with Crippen molar-refractivity contribution < 1.29 is 34.5 Å². The Hall–Kier alpha value is -3.18. The summed E-state index contributed by atoms with van der Waals surface area (Å²) in [6.45, 7) is -0.849. The van der Waals surface area contributed by atoms with Crippen molar-refractivity contribution in [1.82, 2.24) is 10.6 Å². The normalized spacial score (nSPS) is 13.8. The predicted octanol–water partition coefficient (Wildman–Crippen LogP) is -2.43. The first-order valence-electron chi connectivity index (χ1n) is 8.40. The molecule has 0 saturated carbocycles. The molecule has 11 heteroatoms. The second-order valence-corrected chi connectivity index (χ2v) is 6.13. The van der Waals surface area contributed by atoms with Crippen molar-refractivity contribution in [3.8, 4) is 5.75 Å².